The van der Waals surface area contributed by atoms with E-state index in [4.69, 9.17) is 0 Å². The summed E-state index contributed by atoms with van der Waals surface area (Å²) in [5.41, 5.74) is 0.813. The highest BCUT2D eigenvalue weighted by Crippen LogP contribution is 2.38. The second kappa shape index (κ2) is 5.27. The number of anilines is 1. The van der Waals surface area contributed by atoms with Crippen molar-refractivity contribution in [2.24, 2.45) is 5.92 Å². The maximum atomic E-state index is 12.2. The van der Waals surface area contributed by atoms with Gasteiger partial charge in [-0.3, -0.25) is 4.79 Å². The Labute approximate surface area is 136 Å². The van der Waals surface area contributed by atoms with Gasteiger partial charge in [-0.2, -0.15) is 0 Å². The number of hydrogen-bond donors (Lipinski definition) is 0. The number of benzene rings is 1. The summed E-state index contributed by atoms with van der Waals surface area (Å²) in [5, 5.41) is 0. The van der Waals surface area contributed by atoms with Gasteiger partial charge >= 0.3 is 0 Å². The van der Waals surface area contributed by atoms with Crippen LogP contribution in [0.2, 0.25) is 0 Å². The third-order valence-corrected chi connectivity index (χ3v) is 6.92. The molecule has 0 bridgehead atoms. The van der Waals surface area contributed by atoms with E-state index in [1.54, 1.807) is 16.7 Å². The zero-order valence-corrected chi connectivity index (χ0v) is 14.7. The van der Waals surface area contributed by atoms with Gasteiger partial charge in [0.15, 0.2) is 9.84 Å². The van der Waals surface area contributed by atoms with Crippen LogP contribution in [0, 0.1) is 5.92 Å². The van der Waals surface area contributed by atoms with Gasteiger partial charge in [0.25, 0.3) is 0 Å². The first-order valence-electron chi connectivity index (χ1n) is 7.46. The zero-order valence-electron chi connectivity index (χ0n) is 13.1. The average molecular weight is 339 g/mol. The molecule has 120 valence electrons. The molecule has 0 spiro atoms. The highest BCUT2D eigenvalue weighted by Gasteiger charge is 2.49. The summed E-state index contributed by atoms with van der Waals surface area (Å²) < 4.78 is 23.7. The number of nitrogens with zero attached hydrogens (tertiary/aromatic N) is 1. The van der Waals surface area contributed by atoms with Gasteiger partial charge in [-0.25, -0.2) is 8.42 Å². The first kappa shape index (κ1) is 15.9. The van der Waals surface area contributed by atoms with Crippen LogP contribution in [0.4, 0.5) is 5.69 Å². The number of sulfone groups is 1. The lowest BCUT2D eigenvalue weighted by Crippen LogP contribution is -2.36. The Bertz CT molecular complexity index is 689. The summed E-state index contributed by atoms with van der Waals surface area (Å²) in [4.78, 5) is 15.1. The van der Waals surface area contributed by atoms with Crippen molar-refractivity contribution >= 4 is 33.2 Å². The quantitative estimate of drug-likeness (QED) is 0.778. The predicted molar refractivity (Wildman–Crippen MR) is 90.1 cm³/mol. The summed E-state index contributed by atoms with van der Waals surface area (Å²) >= 11 is 1.77. The Morgan fingerprint density at radius 2 is 1.77 bits per heavy atom. The highest BCUT2D eigenvalue weighted by atomic mass is 32.2. The van der Waals surface area contributed by atoms with Crippen LogP contribution in [0.1, 0.15) is 27.2 Å². The maximum absolute atomic E-state index is 12.2. The van der Waals surface area contributed by atoms with Crippen molar-refractivity contribution in [3.05, 3.63) is 24.3 Å². The summed E-state index contributed by atoms with van der Waals surface area (Å²) in [6.07, 6.45) is 0.350. The lowest BCUT2D eigenvalue weighted by molar-refractivity contribution is -0.117. The second-order valence-corrected chi connectivity index (χ2v) is 11.1. The Hall–Kier alpha value is -1.01. The fourth-order valence-corrected chi connectivity index (χ4v) is 6.30. The molecule has 2 atom stereocenters. The fraction of sp³-hybridized carbons (Fsp3) is 0.562. The van der Waals surface area contributed by atoms with E-state index in [1.165, 1.54) is 0 Å². The van der Waals surface area contributed by atoms with Gasteiger partial charge < -0.3 is 4.90 Å². The van der Waals surface area contributed by atoms with Gasteiger partial charge in [0.05, 0.1) is 17.5 Å². The lowest BCUT2D eigenvalue weighted by atomic mass is 10.1. The largest absolute Gasteiger partial charge is 0.308 e. The van der Waals surface area contributed by atoms with Crippen LogP contribution in [0.3, 0.4) is 0 Å². The van der Waals surface area contributed by atoms with E-state index in [-0.39, 0.29) is 34.1 Å². The number of carbonyl (C=O) groups excluding carboxylic acids is 1. The van der Waals surface area contributed by atoms with Crippen LogP contribution in [-0.4, -0.2) is 36.6 Å². The summed E-state index contributed by atoms with van der Waals surface area (Å²) in [7, 11) is -3.00. The number of hydrogen-bond acceptors (Lipinski definition) is 4. The van der Waals surface area contributed by atoms with Gasteiger partial charge in [0, 0.05) is 27.7 Å². The molecule has 22 heavy (non-hydrogen) atoms. The molecule has 4 nitrogen and oxygen atoms in total. The topological polar surface area (TPSA) is 54.5 Å². The van der Waals surface area contributed by atoms with Crippen molar-refractivity contribution < 1.29 is 13.2 Å². The van der Waals surface area contributed by atoms with Gasteiger partial charge in [0.1, 0.15) is 0 Å². The van der Waals surface area contributed by atoms with Crippen molar-refractivity contribution in [1.82, 2.24) is 0 Å². The molecule has 0 aliphatic carbocycles. The molecule has 1 amide bonds. The number of thioether (sulfide) groups is 1. The van der Waals surface area contributed by atoms with Crippen molar-refractivity contribution in [2.45, 2.75) is 42.9 Å². The number of amides is 1. The highest BCUT2D eigenvalue weighted by molar-refractivity contribution is 8.00. The van der Waals surface area contributed by atoms with Crippen LogP contribution >= 0.6 is 11.8 Å². The summed E-state index contributed by atoms with van der Waals surface area (Å²) in [6.45, 7) is 6.47. The summed E-state index contributed by atoms with van der Waals surface area (Å²) in [6, 6.07) is 7.70. The normalized spacial score (nSPS) is 27.2. The molecule has 0 saturated carbocycles. The molecule has 1 aromatic carbocycles. The molecular weight excluding hydrogens is 318 g/mol. The second-order valence-electron chi connectivity index (χ2n) is 7.08. The molecule has 6 heteroatoms. The molecule has 0 unspecified atom stereocenters. The fourth-order valence-electron chi connectivity index (χ4n) is 3.25. The first-order valence-corrected chi connectivity index (χ1v) is 10.1. The molecule has 0 N–H and O–H groups in total. The van der Waals surface area contributed by atoms with E-state index in [0.717, 1.165) is 10.6 Å². The molecule has 1 aromatic rings. The minimum atomic E-state index is -3.00. The van der Waals surface area contributed by atoms with Crippen molar-refractivity contribution in [1.29, 1.82) is 0 Å². The third kappa shape index (κ3) is 3.18. The van der Waals surface area contributed by atoms with Crippen LogP contribution in [-0.2, 0) is 14.6 Å². The standard InChI is InChI=1S/C16H21NO3S2/c1-16(2,3)21-13-6-4-12(5-7-13)17-14-10-22(19,20)9-11(14)8-15(17)18/h4-7,11,14H,8-10H2,1-3H3/t11-,14-/m1/s1. The molecule has 0 aromatic heterocycles. The molecular formula is C16H21NO3S2. The van der Waals surface area contributed by atoms with Crippen LogP contribution in [0.5, 0.6) is 0 Å². The van der Waals surface area contributed by atoms with Gasteiger partial charge in [-0.05, 0) is 24.3 Å². The number of rotatable bonds is 2. The van der Waals surface area contributed by atoms with Crippen molar-refractivity contribution in [3.8, 4) is 0 Å². The van der Waals surface area contributed by atoms with Crippen molar-refractivity contribution in [3.63, 3.8) is 0 Å². The monoisotopic (exact) mass is 339 g/mol. The predicted octanol–water partition coefficient (Wildman–Crippen LogP) is 2.73. The first-order chi connectivity index (χ1) is 10.1. The van der Waals surface area contributed by atoms with Crippen LogP contribution in [0.15, 0.2) is 29.2 Å². The van der Waals surface area contributed by atoms with Gasteiger partial charge in [0.2, 0.25) is 5.91 Å². The van der Waals surface area contributed by atoms with E-state index in [1.807, 2.05) is 24.3 Å². The van der Waals surface area contributed by atoms with Crippen LogP contribution < -0.4 is 4.90 Å². The molecule has 3 rings (SSSR count). The van der Waals surface area contributed by atoms with E-state index < -0.39 is 9.84 Å². The smallest absolute Gasteiger partial charge is 0.227 e. The van der Waals surface area contributed by atoms with E-state index in [2.05, 4.69) is 20.8 Å². The Kier molecular flexibility index (Phi) is 3.80. The molecule has 2 aliphatic heterocycles. The van der Waals surface area contributed by atoms with Gasteiger partial charge in [-0.1, -0.05) is 20.8 Å². The molecule has 2 fully saturated rings. The van der Waals surface area contributed by atoms with Crippen molar-refractivity contribution in [2.75, 3.05) is 16.4 Å². The van der Waals surface area contributed by atoms with Gasteiger partial charge in [-0.15, -0.1) is 11.8 Å². The van der Waals surface area contributed by atoms with Crippen LogP contribution in [0.25, 0.3) is 0 Å². The number of fused-ring (bicyclic) bond motifs is 1. The minimum Gasteiger partial charge on any atom is -0.308 e. The average Bonchev–Trinajstić information content (AvgIpc) is 2.79. The van der Waals surface area contributed by atoms with E-state index in [9.17, 15) is 13.2 Å². The maximum Gasteiger partial charge on any atom is 0.227 e. The zero-order chi connectivity index (χ0) is 16.1. The van der Waals surface area contributed by atoms with E-state index in [0.29, 0.717) is 6.42 Å². The third-order valence-electron chi connectivity index (χ3n) is 4.01. The molecule has 0 radical (unpaired) electrons. The van der Waals surface area contributed by atoms with E-state index >= 15 is 0 Å². The molecule has 2 saturated heterocycles. The summed E-state index contributed by atoms with van der Waals surface area (Å²) in [5.74, 6) is 0.252. The number of carbonyl (C=O) groups is 1. The lowest BCUT2D eigenvalue weighted by Gasteiger charge is -2.24. The molecule has 2 heterocycles. The molecule has 2 aliphatic rings. The Morgan fingerprint density at radius 1 is 1.14 bits per heavy atom. The Balaban J connectivity index is 1.83. The Morgan fingerprint density at radius 3 is 2.36 bits per heavy atom. The minimum absolute atomic E-state index is 0.0406. The SMILES string of the molecule is CC(C)(C)Sc1ccc(N2C(=O)C[C@@H]3CS(=O)(=O)C[C@H]32)cc1.